The van der Waals surface area contributed by atoms with Gasteiger partial charge in [-0.3, -0.25) is 9.00 Å². The minimum Gasteiger partial charge on any atom is -0.755 e. The molecule has 1 aromatic carbocycles. The number of carbonyl (C=O) groups is 1. The predicted molar refractivity (Wildman–Crippen MR) is 95.1 cm³/mol. The van der Waals surface area contributed by atoms with Crippen LogP contribution in [0, 0.1) is 5.41 Å². The largest absolute Gasteiger partial charge is 0.755 e. The summed E-state index contributed by atoms with van der Waals surface area (Å²) in [6.07, 6.45) is 2.29. The van der Waals surface area contributed by atoms with Gasteiger partial charge in [0, 0.05) is 33.9 Å². The molecule has 0 spiro atoms. The molecule has 24 heavy (non-hydrogen) atoms. The second-order valence-electron chi connectivity index (χ2n) is 6.38. The number of nitrogens with zero attached hydrogens (tertiary/aromatic N) is 1. The Morgan fingerprint density at radius 3 is 2.50 bits per heavy atom. The van der Waals surface area contributed by atoms with Crippen LogP contribution in [-0.4, -0.2) is 19.7 Å². The Morgan fingerprint density at radius 2 is 2.00 bits per heavy atom. The van der Waals surface area contributed by atoms with Crippen LogP contribution in [0.3, 0.4) is 0 Å². The van der Waals surface area contributed by atoms with Crippen LogP contribution in [-0.2, 0) is 22.5 Å². The highest BCUT2D eigenvalue weighted by molar-refractivity contribution is 7.80. The molecule has 1 aromatic heterocycles. The van der Waals surface area contributed by atoms with Crippen molar-refractivity contribution in [3.05, 3.63) is 46.4 Å². The molecule has 8 heteroatoms. The van der Waals surface area contributed by atoms with Crippen LogP contribution in [0.25, 0.3) is 0 Å². The molecule has 1 unspecified atom stereocenters. The number of hydrogen-bond donors (Lipinski definition) is 2. The highest BCUT2D eigenvalue weighted by Crippen LogP contribution is 2.24. The van der Waals surface area contributed by atoms with Gasteiger partial charge in [0.05, 0.1) is 6.04 Å². The van der Waals surface area contributed by atoms with Gasteiger partial charge in [-0.25, -0.2) is 4.98 Å². The van der Waals surface area contributed by atoms with Gasteiger partial charge in [-0.05, 0) is 24.1 Å². The normalized spacial score (nSPS) is 14.0. The molecular formula is C16H20N3O3S2-. The predicted octanol–water partition coefficient (Wildman–Crippen LogP) is 2.80. The second kappa shape index (κ2) is 7.87. The standard InChI is InChI=1S/C16H21N3O3S2/c1-16(2,3)15(20)18-13(14-17-8-9-23-14)10-11-4-6-12(7-5-11)19-24(21)22/h4-9,13,19H,10H2,1-3H3,(H,18,20)(H,21,22)/p-1/t13-/m0/s1. The fourth-order valence-corrected chi connectivity index (χ4v) is 3.04. The summed E-state index contributed by atoms with van der Waals surface area (Å²) in [5.74, 6) is -0.0391. The SMILES string of the molecule is CC(C)(C)C(=O)N[C@@H](Cc1ccc(NS(=O)[O-])cc1)c1nccs1. The van der Waals surface area contributed by atoms with Crippen LogP contribution in [0.1, 0.15) is 37.4 Å². The van der Waals surface area contributed by atoms with Crippen LogP contribution in [0.5, 0.6) is 0 Å². The van der Waals surface area contributed by atoms with E-state index in [-0.39, 0.29) is 11.9 Å². The van der Waals surface area contributed by atoms with E-state index in [0.717, 1.165) is 10.6 Å². The number of amides is 1. The molecule has 130 valence electrons. The third-order valence-electron chi connectivity index (χ3n) is 3.33. The zero-order chi connectivity index (χ0) is 17.7. The Labute approximate surface area is 148 Å². The number of nitrogens with one attached hydrogen (secondary N) is 2. The van der Waals surface area contributed by atoms with Gasteiger partial charge in [0.15, 0.2) is 0 Å². The van der Waals surface area contributed by atoms with Gasteiger partial charge >= 0.3 is 0 Å². The molecule has 1 amide bonds. The number of aromatic nitrogens is 1. The molecule has 0 aliphatic rings. The molecule has 0 bridgehead atoms. The van der Waals surface area contributed by atoms with Gasteiger partial charge in [-0.15, -0.1) is 11.3 Å². The van der Waals surface area contributed by atoms with Gasteiger partial charge in [-0.1, -0.05) is 32.9 Å². The molecule has 2 N–H and O–H groups in total. The van der Waals surface area contributed by atoms with E-state index >= 15 is 0 Å². The van der Waals surface area contributed by atoms with Crippen LogP contribution in [0.15, 0.2) is 35.8 Å². The zero-order valence-corrected chi connectivity index (χ0v) is 15.4. The van der Waals surface area contributed by atoms with Gasteiger partial charge in [-0.2, -0.15) is 0 Å². The fourth-order valence-electron chi connectivity index (χ4n) is 2.02. The Hall–Kier alpha value is -1.77. The molecule has 6 nitrogen and oxygen atoms in total. The number of carbonyl (C=O) groups excluding carboxylic acids is 1. The maximum Gasteiger partial charge on any atom is 0.225 e. The highest BCUT2D eigenvalue weighted by atomic mass is 32.2. The molecule has 0 radical (unpaired) electrons. The van der Waals surface area contributed by atoms with Crippen molar-refractivity contribution in [1.82, 2.24) is 10.3 Å². The molecule has 2 atom stereocenters. The minimum atomic E-state index is -2.34. The van der Waals surface area contributed by atoms with E-state index in [9.17, 15) is 13.6 Å². The molecule has 0 aliphatic heterocycles. The molecular weight excluding hydrogens is 346 g/mol. The Bertz CT molecular complexity index is 694. The lowest BCUT2D eigenvalue weighted by molar-refractivity contribution is -0.129. The number of benzene rings is 1. The lowest BCUT2D eigenvalue weighted by Gasteiger charge is -2.23. The third kappa shape index (κ3) is 5.40. The van der Waals surface area contributed by atoms with Crippen molar-refractivity contribution in [2.45, 2.75) is 33.2 Å². The Morgan fingerprint density at radius 1 is 1.33 bits per heavy atom. The molecule has 0 saturated carbocycles. The maximum atomic E-state index is 12.3. The van der Waals surface area contributed by atoms with Crippen molar-refractivity contribution in [1.29, 1.82) is 0 Å². The van der Waals surface area contributed by atoms with Crippen LogP contribution in [0.4, 0.5) is 5.69 Å². The highest BCUT2D eigenvalue weighted by Gasteiger charge is 2.26. The van der Waals surface area contributed by atoms with Crippen LogP contribution < -0.4 is 10.0 Å². The summed E-state index contributed by atoms with van der Waals surface area (Å²) in [5.41, 5.74) is 0.991. The molecule has 0 fully saturated rings. The first kappa shape index (κ1) is 18.6. The Balaban J connectivity index is 2.14. The fraction of sp³-hybridized carbons (Fsp3) is 0.375. The summed E-state index contributed by atoms with van der Waals surface area (Å²) < 4.78 is 23.6. The summed E-state index contributed by atoms with van der Waals surface area (Å²) in [6, 6.07) is 6.83. The average Bonchev–Trinajstić information content (AvgIpc) is 3.01. The van der Waals surface area contributed by atoms with Gasteiger partial charge in [0.1, 0.15) is 5.01 Å². The number of thiazole rings is 1. The van der Waals surface area contributed by atoms with Crippen molar-refractivity contribution in [2.24, 2.45) is 5.41 Å². The van der Waals surface area contributed by atoms with E-state index in [2.05, 4.69) is 15.0 Å². The average molecular weight is 366 g/mol. The molecule has 1 heterocycles. The smallest absolute Gasteiger partial charge is 0.225 e. The monoisotopic (exact) mass is 366 g/mol. The molecule has 2 aromatic rings. The van der Waals surface area contributed by atoms with E-state index in [1.807, 2.05) is 38.3 Å². The lowest BCUT2D eigenvalue weighted by atomic mass is 9.94. The van der Waals surface area contributed by atoms with Crippen LogP contribution in [0.2, 0.25) is 0 Å². The number of anilines is 1. The summed E-state index contributed by atoms with van der Waals surface area (Å²) in [7, 11) is 0. The van der Waals surface area contributed by atoms with Gasteiger partial charge in [0.2, 0.25) is 5.91 Å². The van der Waals surface area contributed by atoms with Crippen molar-refractivity contribution >= 4 is 34.2 Å². The summed E-state index contributed by atoms with van der Waals surface area (Å²) in [5, 5.41) is 5.77. The molecule has 2 rings (SSSR count). The van der Waals surface area contributed by atoms with E-state index in [1.54, 1.807) is 18.3 Å². The van der Waals surface area contributed by atoms with E-state index in [0.29, 0.717) is 12.1 Å². The maximum absolute atomic E-state index is 12.3. The van der Waals surface area contributed by atoms with Crippen molar-refractivity contribution in [3.63, 3.8) is 0 Å². The molecule has 0 aliphatic carbocycles. The van der Waals surface area contributed by atoms with E-state index < -0.39 is 16.7 Å². The first-order chi connectivity index (χ1) is 11.3. The van der Waals surface area contributed by atoms with Crippen molar-refractivity contribution < 1.29 is 13.6 Å². The molecule has 0 saturated heterocycles. The third-order valence-corrected chi connectivity index (χ3v) is 4.62. The van der Waals surface area contributed by atoms with Crippen molar-refractivity contribution in [2.75, 3.05) is 4.72 Å². The number of rotatable bonds is 6. The first-order valence-corrected chi connectivity index (χ1v) is 9.36. The quantitative estimate of drug-likeness (QED) is 0.769. The zero-order valence-electron chi connectivity index (χ0n) is 13.7. The Kier molecular flexibility index (Phi) is 6.09. The van der Waals surface area contributed by atoms with E-state index in [1.165, 1.54) is 11.3 Å². The second-order valence-corrected chi connectivity index (χ2v) is 7.98. The topological polar surface area (TPSA) is 94.2 Å². The van der Waals surface area contributed by atoms with Gasteiger partial charge < -0.3 is 14.6 Å². The summed E-state index contributed by atoms with van der Waals surface area (Å²) >= 11 is -0.847. The van der Waals surface area contributed by atoms with Crippen molar-refractivity contribution in [3.8, 4) is 0 Å². The summed E-state index contributed by atoms with van der Waals surface area (Å²) in [4.78, 5) is 16.6. The first-order valence-electron chi connectivity index (χ1n) is 7.41. The summed E-state index contributed by atoms with van der Waals surface area (Å²) in [6.45, 7) is 5.60. The number of hydrogen-bond acceptors (Lipinski definition) is 5. The van der Waals surface area contributed by atoms with E-state index in [4.69, 9.17) is 0 Å². The minimum absolute atomic E-state index is 0.0391. The van der Waals surface area contributed by atoms with Gasteiger partial charge in [0.25, 0.3) is 0 Å². The lowest BCUT2D eigenvalue weighted by Crippen LogP contribution is -2.38. The van der Waals surface area contributed by atoms with Crippen LogP contribution >= 0.6 is 11.3 Å².